The van der Waals surface area contributed by atoms with Gasteiger partial charge < -0.3 is 14.8 Å². The standard InChI is InChI=1S/C17H16ClN3O3/c1-11-9-21(13-5-2-4-12(18)8-13)15(22)10-20(11)17(24)14-6-3-7-19-16(14)23/h2-8,11H,9-10H2,1H3,(H,19,23). The van der Waals surface area contributed by atoms with Gasteiger partial charge >= 0.3 is 0 Å². The van der Waals surface area contributed by atoms with E-state index in [-0.39, 0.29) is 24.1 Å². The van der Waals surface area contributed by atoms with Crippen LogP contribution in [0, 0.1) is 0 Å². The van der Waals surface area contributed by atoms with Gasteiger partial charge in [0.2, 0.25) is 5.91 Å². The minimum Gasteiger partial charge on any atom is -0.328 e. The first-order valence-electron chi connectivity index (χ1n) is 7.52. The average molecular weight is 346 g/mol. The second-order valence-electron chi connectivity index (χ2n) is 5.68. The van der Waals surface area contributed by atoms with E-state index in [0.29, 0.717) is 17.3 Å². The van der Waals surface area contributed by atoms with Gasteiger partial charge in [0.25, 0.3) is 11.5 Å². The van der Waals surface area contributed by atoms with Gasteiger partial charge in [0.1, 0.15) is 12.1 Å². The summed E-state index contributed by atoms with van der Waals surface area (Å²) >= 11 is 5.98. The Labute approximate surface area is 143 Å². The quantitative estimate of drug-likeness (QED) is 0.903. The zero-order valence-electron chi connectivity index (χ0n) is 13.0. The van der Waals surface area contributed by atoms with Crippen molar-refractivity contribution in [2.24, 2.45) is 0 Å². The Morgan fingerprint density at radius 3 is 2.75 bits per heavy atom. The number of benzene rings is 1. The molecule has 2 aromatic rings. The van der Waals surface area contributed by atoms with Crippen LogP contribution in [0.1, 0.15) is 17.3 Å². The van der Waals surface area contributed by atoms with Crippen molar-refractivity contribution < 1.29 is 9.59 Å². The summed E-state index contributed by atoms with van der Waals surface area (Å²) < 4.78 is 0. The van der Waals surface area contributed by atoms with E-state index in [0.717, 1.165) is 0 Å². The summed E-state index contributed by atoms with van der Waals surface area (Å²) in [6.45, 7) is 2.11. The minimum atomic E-state index is -0.459. The largest absolute Gasteiger partial charge is 0.328 e. The predicted molar refractivity (Wildman–Crippen MR) is 91.4 cm³/mol. The van der Waals surface area contributed by atoms with Crippen LogP contribution in [0.5, 0.6) is 0 Å². The first-order chi connectivity index (χ1) is 11.5. The number of aromatic amines is 1. The molecule has 1 aromatic carbocycles. The van der Waals surface area contributed by atoms with Crippen molar-refractivity contribution in [1.29, 1.82) is 0 Å². The molecule has 1 aliphatic heterocycles. The molecule has 0 saturated carbocycles. The number of carbonyl (C=O) groups excluding carboxylic acids is 2. The molecular weight excluding hydrogens is 330 g/mol. The van der Waals surface area contributed by atoms with E-state index in [1.165, 1.54) is 17.2 Å². The van der Waals surface area contributed by atoms with E-state index in [4.69, 9.17) is 11.6 Å². The maximum absolute atomic E-state index is 12.6. The first kappa shape index (κ1) is 16.3. The fourth-order valence-corrected chi connectivity index (χ4v) is 2.95. The number of anilines is 1. The Bertz CT molecular complexity index is 849. The second-order valence-corrected chi connectivity index (χ2v) is 6.12. The molecule has 6 nitrogen and oxygen atoms in total. The molecule has 0 aliphatic carbocycles. The molecule has 2 heterocycles. The summed E-state index contributed by atoms with van der Waals surface area (Å²) in [6.07, 6.45) is 1.46. The number of pyridine rings is 1. The van der Waals surface area contributed by atoms with E-state index >= 15 is 0 Å². The molecule has 1 fully saturated rings. The van der Waals surface area contributed by atoms with Crippen molar-refractivity contribution in [1.82, 2.24) is 9.88 Å². The van der Waals surface area contributed by atoms with Crippen LogP contribution >= 0.6 is 11.6 Å². The number of piperazine rings is 1. The second kappa shape index (κ2) is 6.49. The van der Waals surface area contributed by atoms with Crippen LogP contribution in [0.15, 0.2) is 47.4 Å². The average Bonchev–Trinajstić information content (AvgIpc) is 2.56. The number of hydrogen-bond acceptors (Lipinski definition) is 3. The summed E-state index contributed by atoms with van der Waals surface area (Å²) in [5.41, 5.74) is 0.275. The number of hydrogen-bond donors (Lipinski definition) is 1. The molecule has 0 radical (unpaired) electrons. The third-order valence-electron chi connectivity index (χ3n) is 4.01. The van der Waals surface area contributed by atoms with Crippen LogP contribution < -0.4 is 10.5 Å². The third kappa shape index (κ3) is 3.05. The SMILES string of the molecule is CC1CN(c2cccc(Cl)c2)C(=O)CN1C(=O)c1ccc[nH]c1=O. The number of halogens is 1. The number of aromatic nitrogens is 1. The Balaban J connectivity index is 1.83. The van der Waals surface area contributed by atoms with Crippen LogP contribution in [-0.2, 0) is 4.79 Å². The number of amides is 2. The monoisotopic (exact) mass is 345 g/mol. The van der Waals surface area contributed by atoms with Gasteiger partial charge in [0.15, 0.2) is 0 Å². The molecule has 1 atom stereocenters. The Kier molecular flexibility index (Phi) is 4.40. The molecular formula is C17H16ClN3O3. The number of rotatable bonds is 2. The molecule has 124 valence electrons. The summed E-state index contributed by atoms with van der Waals surface area (Å²) in [7, 11) is 0. The number of nitrogens with zero attached hydrogens (tertiary/aromatic N) is 2. The van der Waals surface area contributed by atoms with Gasteiger partial charge in [-0.3, -0.25) is 14.4 Å². The van der Waals surface area contributed by atoms with Crippen LogP contribution in [-0.4, -0.2) is 40.8 Å². The molecule has 24 heavy (non-hydrogen) atoms. The summed E-state index contributed by atoms with van der Waals surface area (Å²) in [4.78, 5) is 42.4. The van der Waals surface area contributed by atoms with Gasteiger partial charge in [0.05, 0.1) is 0 Å². The maximum atomic E-state index is 12.6. The summed E-state index contributed by atoms with van der Waals surface area (Å²) in [5, 5.41) is 0.544. The van der Waals surface area contributed by atoms with E-state index in [2.05, 4.69) is 4.98 Å². The minimum absolute atomic E-state index is 0.0355. The van der Waals surface area contributed by atoms with Gasteiger partial charge in [-0.1, -0.05) is 17.7 Å². The van der Waals surface area contributed by atoms with Crippen LogP contribution in [0.25, 0.3) is 0 Å². The van der Waals surface area contributed by atoms with E-state index < -0.39 is 11.5 Å². The molecule has 1 saturated heterocycles. The molecule has 1 aromatic heterocycles. The molecule has 0 bridgehead atoms. The lowest BCUT2D eigenvalue weighted by atomic mass is 10.1. The van der Waals surface area contributed by atoms with E-state index in [1.807, 2.05) is 6.92 Å². The van der Waals surface area contributed by atoms with Crippen molar-refractivity contribution in [2.75, 3.05) is 18.0 Å². The van der Waals surface area contributed by atoms with Gasteiger partial charge in [0, 0.05) is 29.5 Å². The number of carbonyl (C=O) groups is 2. The van der Waals surface area contributed by atoms with Gasteiger partial charge in [-0.25, -0.2) is 0 Å². The molecule has 0 spiro atoms. The lowest BCUT2D eigenvalue weighted by Gasteiger charge is -2.39. The molecule has 7 heteroatoms. The van der Waals surface area contributed by atoms with Crippen LogP contribution in [0.2, 0.25) is 5.02 Å². The normalized spacial score (nSPS) is 17.9. The number of nitrogens with one attached hydrogen (secondary N) is 1. The van der Waals surface area contributed by atoms with Crippen LogP contribution in [0.3, 0.4) is 0 Å². The van der Waals surface area contributed by atoms with E-state index in [1.54, 1.807) is 35.2 Å². The summed E-state index contributed by atoms with van der Waals surface area (Å²) in [6, 6.07) is 9.85. The molecule has 1 unspecified atom stereocenters. The smallest absolute Gasteiger partial charge is 0.260 e. The highest BCUT2D eigenvalue weighted by atomic mass is 35.5. The zero-order chi connectivity index (χ0) is 17.3. The molecule has 3 rings (SSSR count). The third-order valence-corrected chi connectivity index (χ3v) is 4.25. The fourth-order valence-electron chi connectivity index (χ4n) is 2.76. The lowest BCUT2D eigenvalue weighted by Crippen LogP contribution is -2.57. The van der Waals surface area contributed by atoms with Gasteiger partial charge in [-0.05, 0) is 37.3 Å². The van der Waals surface area contributed by atoms with Crippen molar-refractivity contribution >= 4 is 29.1 Å². The van der Waals surface area contributed by atoms with Gasteiger partial charge in [-0.2, -0.15) is 0 Å². The predicted octanol–water partition coefficient (Wildman–Crippen LogP) is 1.91. The Morgan fingerprint density at radius 2 is 2.04 bits per heavy atom. The highest BCUT2D eigenvalue weighted by Gasteiger charge is 2.34. The molecule has 1 aliphatic rings. The highest BCUT2D eigenvalue weighted by Crippen LogP contribution is 2.23. The Hall–Kier alpha value is -2.60. The zero-order valence-corrected chi connectivity index (χ0v) is 13.8. The van der Waals surface area contributed by atoms with Crippen molar-refractivity contribution in [3.8, 4) is 0 Å². The topological polar surface area (TPSA) is 73.5 Å². The molecule has 1 N–H and O–H groups in total. The molecule has 2 amide bonds. The Morgan fingerprint density at radius 1 is 1.25 bits per heavy atom. The summed E-state index contributed by atoms with van der Waals surface area (Å²) in [5.74, 6) is -0.653. The van der Waals surface area contributed by atoms with E-state index in [9.17, 15) is 14.4 Å². The van der Waals surface area contributed by atoms with Crippen LogP contribution in [0.4, 0.5) is 5.69 Å². The van der Waals surface area contributed by atoms with Crippen molar-refractivity contribution in [2.45, 2.75) is 13.0 Å². The fraction of sp³-hybridized carbons (Fsp3) is 0.235. The van der Waals surface area contributed by atoms with Gasteiger partial charge in [-0.15, -0.1) is 0 Å². The number of H-pyrrole nitrogens is 1. The van der Waals surface area contributed by atoms with Crippen molar-refractivity contribution in [3.63, 3.8) is 0 Å². The lowest BCUT2D eigenvalue weighted by molar-refractivity contribution is -0.121. The highest BCUT2D eigenvalue weighted by molar-refractivity contribution is 6.30. The maximum Gasteiger partial charge on any atom is 0.260 e. The van der Waals surface area contributed by atoms with Crippen molar-refractivity contribution in [3.05, 3.63) is 63.5 Å². The first-order valence-corrected chi connectivity index (χ1v) is 7.90.